The maximum atomic E-state index is 10.9. The highest BCUT2D eigenvalue weighted by atomic mass is 16.5. The third-order valence-electron chi connectivity index (χ3n) is 3.32. The number of rotatable bonds is 9. The van der Waals surface area contributed by atoms with E-state index in [1.54, 1.807) is 0 Å². The van der Waals surface area contributed by atoms with Crippen LogP contribution in [0.1, 0.15) is 31.9 Å². The van der Waals surface area contributed by atoms with Crippen LogP contribution in [0, 0.1) is 5.92 Å². The Balaban J connectivity index is 2.65. The largest absolute Gasteiger partial charge is 0.481 e. The molecule has 0 amide bonds. The molecular formula is C16H25NO3. The molecule has 0 heterocycles. The van der Waals surface area contributed by atoms with E-state index in [4.69, 9.17) is 9.84 Å². The van der Waals surface area contributed by atoms with Gasteiger partial charge in [0, 0.05) is 19.2 Å². The highest BCUT2D eigenvalue weighted by Gasteiger charge is 2.14. The second-order valence-electron chi connectivity index (χ2n) is 5.23. The first-order valence-corrected chi connectivity index (χ1v) is 7.14. The SMILES string of the molecule is CCOCC(NCc1ccccc1CC(=O)O)C(C)C. The lowest BCUT2D eigenvalue weighted by Crippen LogP contribution is -2.37. The summed E-state index contributed by atoms with van der Waals surface area (Å²) in [7, 11) is 0. The van der Waals surface area contributed by atoms with E-state index >= 15 is 0 Å². The average molecular weight is 279 g/mol. The van der Waals surface area contributed by atoms with E-state index in [9.17, 15) is 4.79 Å². The number of carboxylic acid groups (broad SMARTS) is 1. The number of hydrogen-bond acceptors (Lipinski definition) is 3. The molecule has 0 aromatic heterocycles. The fourth-order valence-electron chi connectivity index (χ4n) is 2.04. The predicted molar refractivity (Wildman–Crippen MR) is 79.7 cm³/mol. The normalized spacial score (nSPS) is 12.6. The summed E-state index contributed by atoms with van der Waals surface area (Å²) in [5.41, 5.74) is 1.91. The van der Waals surface area contributed by atoms with Crippen molar-refractivity contribution in [3.05, 3.63) is 35.4 Å². The Labute approximate surface area is 121 Å². The van der Waals surface area contributed by atoms with Crippen LogP contribution in [0.25, 0.3) is 0 Å². The van der Waals surface area contributed by atoms with Gasteiger partial charge in [-0.3, -0.25) is 4.79 Å². The predicted octanol–water partition coefficient (Wildman–Crippen LogP) is 2.46. The summed E-state index contributed by atoms with van der Waals surface area (Å²) in [5.74, 6) is -0.333. The van der Waals surface area contributed by atoms with Crippen molar-refractivity contribution in [2.45, 2.75) is 39.8 Å². The van der Waals surface area contributed by atoms with Crippen molar-refractivity contribution >= 4 is 5.97 Å². The molecule has 1 atom stereocenters. The molecule has 4 nitrogen and oxygen atoms in total. The van der Waals surface area contributed by atoms with Crippen LogP contribution in [0.4, 0.5) is 0 Å². The van der Waals surface area contributed by atoms with E-state index in [1.165, 1.54) is 0 Å². The third-order valence-corrected chi connectivity index (χ3v) is 3.32. The van der Waals surface area contributed by atoms with Gasteiger partial charge in [0.2, 0.25) is 0 Å². The molecule has 4 heteroatoms. The van der Waals surface area contributed by atoms with Gasteiger partial charge in [-0.1, -0.05) is 38.1 Å². The third kappa shape index (κ3) is 5.72. The smallest absolute Gasteiger partial charge is 0.307 e. The summed E-state index contributed by atoms with van der Waals surface area (Å²) >= 11 is 0. The van der Waals surface area contributed by atoms with Crippen LogP contribution in [0.15, 0.2) is 24.3 Å². The molecule has 1 aromatic rings. The Morgan fingerprint density at radius 1 is 1.30 bits per heavy atom. The first kappa shape index (κ1) is 16.7. The Bertz CT molecular complexity index is 418. The van der Waals surface area contributed by atoms with Gasteiger partial charge in [-0.15, -0.1) is 0 Å². The van der Waals surface area contributed by atoms with Gasteiger partial charge in [-0.2, -0.15) is 0 Å². The van der Waals surface area contributed by atoms with Crippen molar-refractivity contribution in [2.24, 2.45) is 5.92 Å². The van der Waals surface area contributed by atoms with Crippen LogP contribution in [-0.4, -0.2) is 30.3 Å². The summed E-state index contributed by atoms with van der Waals surface area (Å²) in [6.45, 7) is 8.34. The molecule has 1 unspecified atom stereocenters. The van der Waals surface area contributed by atoms with Crippen LogP contribution in [0.5, 0.6) is 0 Å². The molecule has 0 bridgehead atoms. The molecule has 0 fully saturated rings. The van der Waals surface area contributed by atoms with Gasteiger partial charge in [0.05, 0.1) is 13.0 Å². The van der Waals surface area contributed by atoms with Crippen molar-refractivity contribution in [2.75, 3.05) is 13.2 Å². The Kier molecular flexibility index (Phi) is 7.26. The molecule has 1 aromatic carbocycles. The van der Waals surface area contributed by atoms with Crippen LogP contribution >= 0.6 is 0 Å². The second-order valence-corrected chi connectivity index (χ2v) is 5.23. The number of hydrogen-bond donors (Lipinski definition) is 2. The number of carbonyl (C=O) groups is 1. The minimum atomic E-state index is -0.799. The Hall–Kier alpha value is -1.39. The quantitative estimate of drug-likeness (QED) is 0.729. The number of ether oxygens (including phenoxy) is 1. The van der Waals surface area contributed by atoms with Crippen molar-refractivity contribution in [3.63, 3.8) is 0 Å². The molecule has 0 saturated carbocycles. The van der Waals surface area contributed by atoms with Gasteiger partial charge in [0.25, 0.3) is 0 Å². The van der Waals surface area contributed by atoms with E-state index in [0.29, 0.717) is 25.7 Å². The topological polar surface area (TPSA) is 58.6 Å². The molecule has 1 rings (SSSR count). The number of benzene rings is 1. The van der Waals surface area contributed by atoms with Gasteiger partial charge in [-0.25, -0.2) is 0 Å². The fourth-order valence-corrected chi connectivity index (χ4v) is 2.04. The summed E-state index contributed by atoms with van der Waals surface area (Å²) in [5, 5.41) is 12.4. The maximum Gasteiger partial charge on any atom is 0.307 e. The zero-order valence-electron chi connectivity index (χ0n) is 12.6. The standard InChI is InChI=1S/C16H25NO3/c1-4-20-11-15(12(2)3)17-10-14-8-6-5-7-13(14)9-16(18)19/h5-8,12,15,17H,4,9-11H2,1-3H3,(H,18,19). The molecule has 0 aliphatic carbocycles. The van der Waals surface area contributed by atoms with E-state index in [1.807, 2.05) is 31.2 Å². The van der Waals surface area contributed by atoms with Crippen LogP contribution < -0.4 is 5.32 Å². The van der Waals surface area contributed by atoms with Crippen molar-refractivity contribution in [3.8, 4) is 0 Å². The first-order chi connectivity index (χ1) is 9.54. The van der Waals surface area contributed by atoms with Gasteiger partial charge >= 0.3 is 5.97 Å². The lowest BCUT2D eigenvalue weighted by atomic mass is 10.0. The van der Waals surface area contributed by atoms with E-state index in [-0.39, 0.29) is 12.5 Å². The van der Waals surface area contributed by atoms with Gasteiger partial charge in [0.1, 0.15) is 0 Å². The average Bonchev–Trinajstić information content (AvgIpc) is 2.39. The van der Waals surface area contributed by atoms with E-state index < -0.39 is 5.97 Å². The molecule has 0 radical (unpaired) electrons. The number of carboxylic acids is 1. The second kappa shape index (κ2) is 8.72. The monoisotopic (exact) mass is 279 g/mol. The highest BCUT2D eigenvalue weighted by Crippen LogP contribution is 2.11. The molecule has 0 aliphatic rings. The number of aliphatic carboxylic acids is 1. The Morgan fingerprint density at radius 2 is 1.95 bits per heavy atom. The summed E-state index contributed by atoms with van der Waals surface area (Å²) in [4.78, 5) is 10.9. The van der Waals surface area contributed by atoms with Crippen LogP contribution in [0.2, 0.25) is 0 Å². The van der Waals surface area contributed by atoms with Crippen LogP contribution in [-0.2, 0) is 22.5 Å². The molecular weight excluding hydrogens is 254 g/mol. The lowest BCUT2D eigenvalue weighted by Gasteiger charge is -2.23. The van der Waals surface area contributed by atoms with E-state index in [0.717, 1.165) is 11.1 Å². The zero-order chi connectivity index (χ0) is 15.0. The summed E-state index contributed by atoms with van der Waals surface area (Å²) in [6.07, 6.45) is 0.0651. The van der Waals surface area contributed by atoms with E-state index in [2.05, 4.69) is 19.2 Å². The molecule has 20 heavy (non-hydrogen) atoms. The molecule has 112 valence electrons. The number of nitrogens with one attached hydrogen (secondary N) is 1. The lowest BCUT2D eigenvalue weighted by molar-refractivity contribution is -0.136. The van der Waals surface area contributed by atoms with Crippen molar-refractivity contribution < 1.29 is 14.6 Å². The first-order valence-electron chi connectivity index (χ1n) is 7.14. The van der Waals surface area contributed by atoms with Crippen molar-refractivity contribution in [1.29, 1.82) is 0 Å². The molecule has 2 N–H and O–H groups in total. The highest BCUT2D eigenvalue weighted by molar-refractivity contribution is 5.70. The van der Waals surface area contributed by atoms with Gasteiger partial charge in [-0.05, 0) is 24.0 Å². The van der Waals surface area contributed by atoms with Crippen molar-refractivity contribution in [1.82, 2.24) is 5.32 Å². The molecule has 0 spiro atoms. The summed E-state index contributed by atoms with van der Waals surface area (Å²) in [6, 6.07) is 7.94. The minimum Gasteiger partial charge on any atom is -0.481 e. The fraction of sp³-hybridized carbons (Fsp3) is 0.562. The molecule has 0 saturated heterocycles. The minimum absolute atomic E-state index is 0.0651. The van der Waals surface area contributed by atoms with Gasteiger partial charge in [0.15, 0.2) is 0 Å². The molecule has 0 aliphatic heterocycles. The van der Waals surface area contributed by atoms with Gasteiger partial charge < -0.3 is 15.2 Å². The van der Waals surface area contributed by atoms with Crippen LogP contribution in [0.3, 0.4) is 0 Å². The maximum absolute atomic E-state index is 10.9. The zero-order valence-corrected chi connectivity index (χ0v) is 12.6. The summed E-state index contributed by atoms with van der Waals surface area (Å²) < 4.78 is 5.48. The Morgan fingerprint density at radius 3 is 2.50 bits per heavy atom.